The first-order chi connectivity index (χ1) is 6.29. The lowest BCUT2D eigenvalue weighted by atomic mass is 10.4. The number of hydrogen-bond donors (Lipinski definition) is 1. The van der Waals surface area contributed by atoms with Gasteiger partial charge in [-0.3, -0.25) is 0 Å². The highest BCUT2D eigenvalue weighted by molar-refractivity contribution is 7.17. The van der Waals surface area contributed by atoms with Crippen molar-refractivity contribution in [2.24, 2.45) is 0 Å². The lowest BCUT2D eigenvalue weighted by Crippen LogP contribution is -1.80. The van der Waals surface area contributed by atoms with Crippen LogP contribution in [0.1, 0.15) is 0 Å². The van der Waals surface area contributed by atoms with Crippen LogP contribution in [-0.4, -0.2) is 17.1 Å². The third-order valence-electron chi connectivity index (χ3n) is 1.43. The molecular formula is C7H7N3OS2. The Kier molecular flexibility index (Phi) is 2.15. The van der Waals surface area contributed by atoms with E-state index in [2.05, 4.69) is 9.97 Å². The molecule has 68 valence electrons. The van der Waals surface area contributed by atoms with Crippen LogP contribution in [0.4, 0.5) is 5.13 Å². The van der Waals surface area contributed by atoms with Crippen molar-refractivity contribution in [1.29, 1.82) is 0 Å². The Bertz CT molecular complexity index is 409. The molecule has 2 N–H and O–H groups in total. The number of rotatable bonds is 2. The van der Waals surface area contributed by atoms with Gasteiger partial charge in [-0.25, -0.2) is 9.97 Å². The Labute approximate surface area is 83.0 Å². The van der Waals surface area contributed by atoms with Gasteiger partial charge in [-0.15, -0.1) is 11.3 Å². The molecule has 0 aromatic carbocycles. The van der Waals surface area contributed by atoms with Crippen LogP contribution in [-0.2, 0) is 0 Å². The lowest BCUT2D eigenvalue weighted by Gasteiger charge is -1.87. The minimum absolute atomic E-state index is 0.572. The van der Waals surface area contributed by atoms with Gasteiger partial charge < -0.3 is 10.5 Å². The number of hydrogen-bond acceptors (Lipinski definition) is 6. The molecule has 2 heterocycles. The summed E-state index contributed by atoms with van der Waals surface area (Å²) in [6, 6.07) is 0. The van der Waals surface area contributed by atoms with Gasteiger partial charge in [0.05, 0.1) is 23.9 Å². The highest BCUT2D eigenvalue weighted by Gasteiger charge is 2.07. The second-order valence-corrected chi connectivity index (χ2v) is 4.15. The summed E-state index contributed by atoms with van der Waals surface area (Å²) in [5.41, 5.74) is 6.38. The number of ether oxygens (including phenoxy) is 1. The molecule has 0 saturated heterocycles. The number of nitrogens with two attached hydrogens (primary N) is 1. The fraction of sp³-hybridized carbons (Fsp3) is 0.143. The lowest BCUT2D eigenvalue weighted by molar-refractivity contribution is 0.412. The molecule has 2 aromatic heterocycles. The Morgan fingerprint density at radius 2 is 2.38 bits per heavy atom. The second-order valence-electron chi connectivity index (χ2n) is 2.27. The van der Waals surface area contributed by atoms with E-state index in [1.807, 2.05) is 5.38 Å². The van der Waals surface area contributed by atoms with Crippen LogP contribution in [0.25, 0.3) is 10.6 Å². The molecule has 0 spiro atoms. The molecule has 6 heteroatoms. The molecule has 0 unspecified atom stereocenters. The van der Waals surface area contributed by atoms with E-state index in [0.29, 0.717) is 10.3 Å². The third-order valence-corrected chi connectivity index (χ3v) is 3.09. The highest BCUT2D eigenvalue weighted by atomic mass is 32.1. The molecule has 0 fully saturated rings. The van der Waals surface area contributed by atoms with Gasteiger partial charge in [0.25, 0.3) is 5.19 Å². The van der Waals surface area contributed by atoms with Gasteiger partial charge in [0.15, 0.2) is 5.13 Å². The van der Waals surface area contributed by atoms with Gasteiger partial charge in [0.2, 0.25) is 0 Å². The Balaban J connectivity index is 2.35. The van der Waals surface area contributed by atoms with Crippen molar-refractivity contribution in [2.45, 2.75) is 0 Å². The van der Waals surface area contributed by atoms with E-state index in [9.17, 15) is 0 Å². The first-order valence-corrected chi connectivity index (χ1v) is 5.20. The van der Waals surface area contributed by atoms with Gasteiger partial charge in [0, 0.05) is 5.38 Å². The molecule has 0 radical (unpaired) electrons. The first kappa shape index (κ1) is 8.46. The van der Waals surface area contributed by atoms with E-state index in [0.717, 1.165) is 10.6 Å². The fourth-order valence-electron chi connectivity index (χ4n) is 0.872. The molecule has 4 nitrogen and oxygen atoms in total. The molecule has 0 atom stereocenters. The SMILES string of the molecule is COc1ncc(-c2csc(N)n2)s1. The zero-order valence-corrected chi connectivity index (χ0v) is 8.48. The summed E-state index contributed by atoms with van der Waals surface area (Å²) in [6.07, 6.45) is 1.73. The smallest absolute Gasteiger partial charge is 0.273 e. The summed E-state index contributed by atoms with van der Waals surface area (Å²) in [5, 5.41) is 3.12. The molecule has 0 aliphatic rings. The van der Waals surface area contributed by atoms with E-state index in [-0.39, 0.29) is 0 Å². The topological polar surface area (TPSA) is 61.0 Å². The highest BCUT2D eigenvalue weighted by Crippen LogP contribution is 2.31. The number of methoxy groups -OCH3 is 1. The largest absolute Gasteiger partial charge is 0.473 e. The van der Waals surface area contributed by atoms with Crippen LogP contribution in [0.5, 0.6) is 5.19 Å². The first-order valence-electron chi connectivity index (χ1n) is 3.51. The van der Waals surface area contributed by atoms with Crippen LogP contribution < -0.4 is 10.5 Å². The molecule has 0 aliphatic heterocycles. The van der Waals surface area contributed by atoms with E-state index in [1.54, 1.807) is 13.3 Å². The quantitative estimate of drug-likeness (QED) is 0.827. The monoisotopic (exact) mass is 213 g/mol. The normalized spacial score (nSPS) is 10.2. The molecule has 0 amide bonds. The number of thiazole rings is 2. The van der Waals surface area contributed by atoms with Crippen LogP contribution in [0.15, 0.2) is 11.6 Å². The summed E-state index contributed by atoms with van der Waals surface area (Å²) in [5.74, 6) is 0. The summed E-state index contributed by atoms with van der Waals surface area (Å²) in [7, 11) is 1.60. The molecule has 2 rings (SSSR count). The molecule has 0 aliphatic carbocycles. The molecule has 0 bridgehead atoms. The number of aromatic nitrogens is 2. The van der Waals surface area contributed by atoms with Crippen molar-refractivity contribution in [3.8, 4) is 15.8 Å². The minimum atomic E-state index is 0.572. The van der Waals surface area contributed by atoms with Crippen molar-refractivity contribution in [2.75, 3.05) is 12.8 Å². The van der Waals surface area contributed by atoms with E-state index >= 15 is 0 Å². The van der Waals surface area contributed by atoms with Crippen LogP contribution >= 0.6 is 22.7 Å². The Morgan fingerprint density at radius 3 is 2.92 bits per heavy atom. The maximum absolute atomic E-state index is 5.52. The zero-order chi connectivity index (χ0) is 9.26. The summed E-state index contributed by atoms with van der Waals surface area (Å²) >= 11 is 2.88. The molecule has 2 aromatic rings. The van der Waals surface area contributed by atoms with Crippen molar-refractivity contribution in [3.05, 3.63) is 11.6 Å². The van der Waals surface area contributed by atoms with Gasteiger partial charge in [0.1, 0.15) is 0 Å². The fourth-order valence-corrected chi connectivity index (χ4v) is 2.20. The molecular weight excluding hydrogens is 206 g/mol. The maximum atomic E-state index is 5.52. The van der Waals surface area contributed by atoms with Gasteiger partial charge in [-0.2, -0.15) is 0 Å². The Morgan fingerprint density at radius 1 is 1.54 bits per heavy atom. The maximum Gasteiger partial charge on any atom is 0.273 e. The second kappa shape index (κ2) is 3.31. The summed E-state index contributed by atoms with van der Waals surface area (Å²) in [4.78, 5) is 9.16. The van der Waals surface area contributed by atoms with E-state index < -0.39 is 0 Å². The predicted octanol–water partition coefficient (Wildman–Crippen LogP) is 1.86. The van der Waals surface area contributed by atoms with Crippen molar-refractivity contribution < 1.29 is 4.74 Å². The van der Waals surface area contributed by atoms with Gasteiger partial charge >= 0.3 is 0 Å². The van der Waals surface area contributed by atoms with E-state index in [4.69, 9.17) is 10.5 Å². The van der Waals surface area contributed by atoms with Crippen LogP contribution in [0, 0.1) is 0 Å². The predicted molar refractivity (Wildman–Crippen MR) is 54.2 cm³/mol. The van der Waals surface area contributed by atoms with E-state index in [1.165, 1.54) is 22.7 Å². The minimum Gasteiger partial charge on any atom is -0.473 e. The van der Waals surface area contributed by atoms with Crippen molar-refractivity contribution >= 4 is 27.8 Å². The molecule has 0 saturated carbocycles. The number of nitrogen functional groups attached to an aromatic ring is 1. The number of nitrogens with zero attached hydrogens (tertiary/aromatic N) is 2. The average molecular weight is 213 g/mol. The van der Waals surface area contributed by atoms with Crippen molar-refractivity contribution in [3.63, 3.8) is 0 Å². The third kappa shape index (κ3) is 1.63. The summed E-state index contributed by atoms with van der Waals surface area (Å²) in [6.45, 7) is 0. The summed E-state index contributed by atoms with van der Waals surface area (Å²) < 4.78 is 4.97. The zero-order valence-electron chi connectivity index (χ0n) is 6.85. The van der Waals surface area contributed by atoms with Gasteiger partial charge in [-0.05, 0) is 0 Å². The average Bonchev–Trinajstić information content (AvgIpc) is 2.71. The standard InChI is InChI=1S/C7H7N3OS2/c1-11-7-9-2-5(13-7)4-3-12-6(8)10-4/h2-3H,1H3,(H2,8,10). The van der Waals surface area contributed by atoms with Crippen molar-refractivity contribution in [1.82, 2.24) is 9.97 Å². The Hall–Kier alpha value is -1.14. The number of anilines is 1. The van der Waals surface area contributed by atoms with Gasteiger partial charge in [-0.1, -0.05) is 11.3 Å². The van der Waals surface area contributed by atoms with Crippen LogP contribution in [0.2, 0.25) is 0 Å². The van der Waals surface area contributed by atoms with Crippen LogP contribution in [0.3, 0.4) is 0 Å². The molecule has 13 heavy (non-hydrogen) atoms.